The van der Waals surface area contributed by atoms with Crippen molar-refractivity contribution < 1.29 is 13.5 Å². The molecule has 0 spiro atoms. The molecule has 0 aromatic heterocycles. The standard InChI is InChI=1S/C3H7NO3S/c5-3-1-2-8(6,7)4-3/h3-5H,1-2H2. The number of aliphatic hydroxyl groups is 1. The lowest BCUT2D eigenvalue weighted by molar-refractivity contribution is 0.171. The maximum absolute atomic E-state index is 10.4. The van der Waals surface area contributed by atoms with E-state index >= 15 is 0 Å². The fraction of sp³-hybridized carbons (Fsp3) is 1.00. The number of aliphatic hydroxyl groups excluding tert-OH is 1. The van der Waals surface area contributed by atoms with Gasteiger partial charge >= 0.3 is 0 Å². The van der Waals surface area contributed by atoms with Gasteiger partial charge in [0.25, 0.3) is 0 Å². The average Bonchev–Trinajstić information content (AvgIpc) is 1.82. The molecule has 1 rings (SSSR count). The normalized spacial score (nSPS) is 35.4. The number of hydrogen-bond acceptors (Lipinski definition) is 3. The van der Waals surface area contributed by atoms with Gasteiger partial charge in [0.2, 0.25) is 10.0 Å². The highest BCUT2D eigenvalue weighted by molar-refractivity contribution is 7.89. The molecule has 1 heterocycles. The first kappa shape index (κ1) is 6.00. The minimum Gasteiger partial charge on any atom is -0.378 e. The fourth-order valence-corrected chi connectivity index (χ4v) is 1.78. The van der Waals surface area contributed by atoms with Crippen molar-refractivity contribution in [2.24, 2.45) is 0 Å². The summed E-state index contributed by atoms with van der Waals surface area (Å²) in [5.74, 6) is 0.0498. The predicted octanol–water partition coefficient (Wildman–Crippen LogP) is -1.37. The van der Waals surface area contributed by atoms with Gasteiger partial charge in [-0.2, -0.15) is 4.72 Å². The molecule has 0 radical (unpaired) electrons. The van der Waals surface area contributed by atoms with Crippen molar-refractivity contribution in [1.29, 1.82) is 0 Å². The van der Waals surface area contributed by atoms with Crippen LogP contribution in [0.5, 0.6) is 0 Å². The van der Waals surface area contributed by atoms with Crippen molar-refractivity contribution in [3.05, 3.63) is 0 Å². The molecule has 4 nitrogen and oxygen atoms in total. The summed E-state index contributed by atoms with van der Waals surface area (Å²) in [7, 11) is -3.10. The van der Waals surface area contributed by atoms with Crippen LogP contribution in [0.2, 0.25) is 0 Å². The number of nitrogens with one attached hydrogen (secondary N) is 1. The molecule has 0 amide bonds. The maximum atomic E-state index is 10.4. The zero-order chi connectivity index (χ0) is 6.20. The van der Waals surface area contributed by atoms with E-state index in [4.69, 9.17) is 5.11 Å². The molecule has 0 aromatic carbocycles. The minimum atomic E-state index is -3.10. The zero-order valence-electron chi connectivity index (χ0n) is 4.16. The summed E-state index contributed by atoms with van der Waals surface area (Å²) < 4.78 is 22.8. The summed E-state index contributed by atoms with van der Waals surface area (Å²) in [4.78, 5) is 0. The Kier molecular flexibility index (Phi) is 1.26. The third-order valence-corrected chi connectivity index (χ3v) is 2.38. The maximum Gasteiger partial charge on any atom is 0.213 e. The van der Waals surface area contributed by atoms with Crippen molar-refractivity contribution in [3.8, 4) is 0 Å². The second kappa shape index (κ2) is 1.68. The van der Waals surface area contributed by atoms with Gasteiger partial charge in [0.1, 0.15) is 6.23 Å². The van der Waals surface area contributed by atoms with Crippen molar-refractivity contribution in [1.82, 2.24) is 4.72 Å². The predicted molar refractivity (Wildman–Crippen MR) is 27.5 cm³/mol. The SMILES string of the molecule is O=S1(=O)CCC(O)N1. The first-order valence-corrected chi connectivity index (χ1v) is 3.93. The van der Waals surface area contributed by atoms with Gasteiger partial charge in [0.05, 0.1) is 5.75 Å². The van der Waals surface area contributed by atoms with Gasteiger partial charge in [-0.05, 0) is 0 Å². The second-order valence-electron chi connectivity index (χ2n) is 1.74. The zero-order valence-corrected chi connectivity index (χ0v) is 4.98. The van der Waals surface area contributed by atoms with E-state index in [0.717, 1.165) is 0 Å². The fourth-order valence-electron chi connectivity index (χ4n) is 0.592. The first-order chi connectivity index (χ1) is 3.60. The van der Waals surface area contributed by atoms with Crippen LogP contribution < -0.4 is 4.72 Å². The molecule has 0 saturated carbocycles. The number of hydrogen-bond donors (Lipinski definition) is 2. The molecule has 0 aromatic rings. The van der Waals surface area contributed by atoms with Gasteiger partial charge in [-0.15, -0.1) is 0 Å². The van der Waals surface area contributed by atoms with Gasteiger partial charge in [0.15, 0.2) is 0 Å². The van der Waals surface area contributed by atoms with Gasteiger partial charge < -0.3 is 5.11 Å². The Morgan fingerprint density at radius 3 is 2.38 bits per heavy atom. The Morgan fingerprint density at radius 2 is 2.25 bits per heavy atom. The molecule has 1 fully saturated rings. The molecule has 5 heteroatoms. The molecule has 1 aliphatic heterocycles. The van der Waals surface area contributed by atoms with Crippen LogP contribution in [0.25, 0.3) is 0 Å². The molecule has 0 bridgehead atoms. The van der Waals surface area contributed by atoms with E-state index in [9.17, 15) is 8.42 Å². The van der Waals surface area contributed by atoms with Crippen molar-refractivity contribution in [2.45, 2.75) is 12.6 Å². The molecule has 8 heavy (non-hydrogen) atoms. The largest absolute Gasteiger partial charge is 0.378 e. The van der Waals surface area contributed by atoms with E-state index in [1.807, 2.05) is 4.72 Å². The topological polar surface area (TPSA) is 66.4 Å². The first-order valence-electron chi connectivity index (χ1n) is 2.28. The average molecular weight is 137 g/mol. The summed E-state index contributed by atoms with van der Waals surface area (Å²) >= 11 is 0. The number of sulfonamides is 1. The Hall–Kier alpha value is -0.130. The Balaban J connectivity index is 2.71. The summed E-state index contributed by atoms with van der Waals surface area (Å²) in [6.45, 7) is 0. The lowest BCUT2D eigenvalue weighted by Crippen LogP contribution is -2.24. The van der Waals surface area contributed by atoms with Crippen molar-refractivity contribution in [3.63, 3.8) is 0 Å². The van der Waals surface area contributed by atoms with Crippen LogP contribution >= 0.6 is 0 Å². The molecule has 0 aliphatic carbocycles. The van der Waals surface area contributed by atoms with Crippen LogP contribution in [0.15, 0.2) is 0 Å². The van der Waals surface area contributed by atoms with E-state index in [1.165, 1.54) is 0 Å². The highest BCUT2D eigenvalue weighted by atomic mass is 32.2. The summed E-state index contributed by atoms with van der Waals surface area (Å²) in [6, 6.07) is 0. The molecule has 1 saturated heterocycles. The smallest absolute Gasteiger partial charge is 0.213 e. The lowest BCUT2D eigenvalue weighted by Gasteiger charge is -1.94. The van der Waals surface area contributed by atoms with E-state index in [0.29, 0.717) is 6.42 Å². The van der Waals surface area contributed by atoms with Crippen LogP contribution in [0.1, 0.15) is 6.42 Å². The molecule has 48 valence electrons. The third kappa shape index (κ3) is 1.18. The van der Waals surface area contributed by atoms with E-state index in [-0.39, 0.29) is 5.75 Å². The molecular weight excluding hydrogens is 130 g/mol. The summed E-state index contributed by atoms with van der Waals surface area (Å²) in [5.41, 5.74) is 0. The minimum absolute atomic E-state index is 0.0498. The summed E-state index contributed by atoms with van der Waals surface area (Å²) in [5, 5.41) is 8.57. The van der Waals surface area contributed by atoms with E-state index in [2.05, 4.69) is 0 Å². The second-order valence-corrected chi connectivity index (χ2v) is 3.61. The Bertz CT molecular complexity index is 173. The Labute approximate surface area is 47.6 Å². The van der Waals surface area contributed by atoms with Crippen LogP contribution in [-0.2, 0) is 10.0 Å². The monoisotopic (exact) mass is 137 g/mol. The molecule has 1 aliphatic rings. The van der Waals surface area contributed by atoms with Crippen LogP contribution in [0.3, 0.4) is 0 Å². The molecule has 1 unspecified atom stereocenters. The quantitative estimate of drug-likeness (QED) is 0.433. The summed E-state index contributed by atoms with van der Waals surface area (Å²) in [6.07, 6.45) is -0.539. The van der Waals surface area contributed by atoms with Crippen LogP contribution in [-0.4, -0.2) is 25.5 Å². The van der Waals surface area contributed by atoms with Crippen LogP contribution in [0.4, 0.5) is 0 Å². The highest BCUT2D eigenvalue weighted by Gasteiger charge is 2.23. The van der Waals surface area contributed by atoms with E-state index in [1.54, 1.807) is 0 Å². The lowest BCUT2D eigenvalue weighted by atomic mass is 10.5. The number of rotatable bonds is 0. The Morgan fingerprint density at radius 1 is 1.62 bits per heavy atom. The van der Waals surface area contributed by atoms with Gasteiger partial charge in [-0.1, -0.05) is 0 Å². The van der Waals surface area contributed by atoms with E-state index < -0.39 is 16.3 Å². The molecule has 2 N–H and O–H groups in total. The van der Waals surface area contributed by atoms with Crippen molar-refractivity contribution >= 4 is 10.0 Å². The van der Waals surface area contributed by atoms with Crippen LogP contribution in [0, 0.1) is 0 Å². The van der Waals surface area contributed by atoms with Crippen molar-refractivity contribution in [2.75, 3.05) is 5.75 Å². The highest BCUT2D eigenvalue weighted by Crippen LogP contribution is 2.02. The third-order valence-electron chi connectivity index (χ3n) is 0.976. The van der Waals surface area contributed by atoms with Gasteiger partial charge in [-0.25, -0.2) is 8.42 Å². The van der Waals surface area contributed by atoms with Gasteiger partial charge in [-0.3, -0.25) is 0 Å². The van der Waals surface area contributed by atoms with Gasteiger partial charge in [0, 0.05) is 6.42 Å². The molecular formula is C3H7NO3S. The molecule has 1 atom stereocenters.